The number of hydrogen-bond donors (Lipinski definition) is 2. The highest BCUT2D eigenvalue weighted by Crippen LogP contribution is 2.48. The quantitative estimate of drug-likeness (QED) is 0.596. The number of para-hydroxylation sites is 2. The van der Waals surface area contributed by atoms with Crippen LogP contribution in [0.5, 0.6) is 0 Å². The van der Waals surface area contributed by atoms with Gasteiger partial charge in [0.05, 0.1) is 24.5 Å². The molecule has 8 nitrogen and oxygen atoms in total. The zero-order valence-corrected chi connectivity index (χ0v) is 20.4. The van der Waals surface area contributed by atoms with E-state index in [9.17, 15) is 9.59 Å². The van der Waals surface area contributed by atoms with Gasteiger partial charge in [-0.15, -0.1) is 0 Å². The smallest absolute Gasteiger partial charge is 0.239 e. The Bertz CT molecular complexity index is 1100. The molecule has 34 heavy (non-hydrogen) atoms. The lowest BCUT2D eigenvalue weighted by Crippen LogP contribution is -2.44. The minimum absolute atomic E-state index is 0.0245. The van der Waals surface area contributed by atoms with Gasteiger partial charge in [0.1, 0.15) is 17.6 Å². The molecule has 1 aliphatic heterocycles. The summed E-state index contributed by atoms with van der Waals surface area (Å²) < 4.78 is 16.4. The Hall–Kier alpha value is -3.10. The van der Waals surface area contributed by atoms with Crippen molar-refractivity contribution < 1.29 is 23.5 Å². The Labute approximate surface area is 200 Å². The van der Waals surface area contributed by atoms with Crippen LogP contribution in [0.1, 0.15) is 44.3 Å². The molecule has 2 N–H and O–H groups in total. The van der Waals surface area contributed by atoms with Crippen molar-refractivity contribution in [1.29, 1.82) is 0 Å². The molecule has 1 amide bonds. The average molecular weight is 468 g/mol. The Morgan fingerprint density at radius 2 is 1.94 bits per heavy atom. The van der Waals surface area contributed by atoms with Gasteiger partial charge in [0.15, 0.2) is 12.1 Å². The van der Waals surface area contributed by atoms with Crippen LogP contribution >= 0.6 is 0 Å². The fraction of sp³-hybridized carbons (Fsp3) is 0.462. The molecule has 4 rings (SSSR count). The van der Waals surface area contributed by atoms with Crippen molar-refractivity contribution in [2.75, 3.05) is 37.5 Å². The number of hydrogen-bond acceptors (Lipinski definition) is 7. The Morgan fingerprint density at radius 3 is 2.62 bits per heavy atom. The number of nitrogens with zero attached hydrogens (tertiary/aromatic N) is 1. The zero-order chi connectivity index (χ0) is 24.5. The first-order valence-corrected chi connectivity index (χ1v) is 11.5. The zero-order valence-electron chi connectivity index (χ0n) is 20.4. The van der Waals surface area contributed by atoms with Crippen LogP contribution in [-0.4, -0.2) is 45.3 Å². The lowest BCUT2D eigenvalue weighted by molar-refractivity contribution is -0.126. The maximum Gasteiger partial charge on any atom is 0.239 e. The molecule has 1 aromatic carbocycles. The van der Waals surface area contributed by atoms with E-state index < -0.39 is 12.3 Å². The predicted octanol–water partition coefficient (Wildman–Crippen LogP) is 3.94. The summed E-state index contributed by atoms with van der Waals surface area (Å²) in [5.74, 6) is 1.24. The number of ketones is 1. The van der Waals surface area contributed by atoms with E-state index in [4.69, 9.17) is 13.9 Å². The Kier molecular flexibility index (Phi) is 6.81. The number of anilines is 2. The number of carbonyl (C=O) groups excluding carboxylic acids is 2. The third-order valence-corrected chi connectivity index (χ3v) is 6.34. The summed E-state index contributed by atoms with van der Waals surface area (Å²) in [4.78, 5) is 28.6. The summed E-state index contributed by atoms with van der Waals surface area (Å²) in [5, 5.41) is 6.40. The van der Waals surface area contributed by atoms with Crippen LogP contribution < -0.4 is 15.5 Å². The van der Waals surface area contributed by atoms with Crippen molar-refractivity contribution in [3.8, 4) is 0 Å². The van der Waals surface area contributed by atoms with E-state index in [1.54, 1.807) is 0 Å². The van der Waals surface area contributed by atoms with E-state index in [-0.39, 0.29) is 30.2 Å². The number of aryl methyl sites for hydroxylation is 1. The first-order chi connectivity index (χ1) is 16.2. The summed E-state index contributed by atoms with van der Waals surface area (Å²) >= 11 is 0. The predicted molar refractivity (Wildman–Crippen MR) is 129 cm³/mol. The maximum atomic E-state index is 13.6. The number of rotatable bonds is 7. The molecule has 0 fully saturated rings. The van der Waals surface area contributed by atoms with Gasteiger partial charge in [-0.1, -0.05) is 26.0 Å². The molecule has 0 spiro atoms. The Morgan fingerprint density at radius 1 is 1.21 bits per heavy atom. The summed E-state index contributed by atoms with van der Waals surface area (Å²) in [6.45, 7) is 6.32. The normalized spacial score (nSPS) is 19.4. The van der Waals surface area contributed by atoms with Gasteiger partial charge in [0.25, 0.3) is 0 Å². The third kappa shape index (κ3) is 4.88. The largest absolute Gasteiger partial charge is 0.464 e. The van der Waals surface area contributed by atoms with Gasteiger partial charge in [-0.25, -0.2) is 0 Å². The van der Waals surface area contributed by atoms with Crippen LogP contribution in [0, 0.1) is 12.3 Å². The van der Waals surface area contributed by atoms with Crippen LogP contribution in [0.2, 0.25) is 0 Å². The first-order valence-electron chi connectivity index (χ1n) is 11.5. The number of methoxy groups -OCH3 is 2. The molecule has 1 atom stereocenters. The van der Waals surface area contributed by atoms with Gasteiger partial charge in [-0.2, -0.15) is 0 Å². The van der Waals surface area contributed by atoms with Crippen LogP contribution in [0.25, 0.3) is 0 Å². The minimum Gasteiger partial charge on any atom is -0.464 e. The standard InChI is InChI=1S/C26H33N3O5/c1-16-10-11-21(34-16)25-24-18(12-26(2,3)13-20(24)30)28-17-8-6-7-9-19(17)29(25)15-22(31)27-14-23(32-4)33-5/h6-11,23,25,28H,12-15H2,1-5H3,(H,27,31). The third-order valence-electron chi connectivity index (χ3n) is 6.34. The van der Waals surface area contributed by atoms with E-state index in [0.29, 0.717) is 17.8 Å². The van der Waals surface area contributed by atoms with Gasteiger partial charge in [-0.3, -0.25) is 9.59 Å². The van der Waals surface area contributed by atoms with Crippen molar-refractivity contribution in [2.45, 2.75) is 45.9 Å². The molecule has 0 saturated heterocycles. The van der Waals surface area contributed by atoms with Crippen molar-refractivity contribution in [2.24, 2.45) is 5.41 Å². The number of benzene rings is 1. The molecule has 8 heteroatoms. The number of furan rings is 1. The number of carbonyl (C=O) groups is 2. The molecule has 2 aromatic rings. The number of fused-ring (bicyclic) bond motifs is 1. The van der Waals surface area contributed by atoms with Gasteiger partial charge >= 0.3 is 0 Å². The average Bonchev–Trinajstić information content (AvgIpc) is 3.15. The van der Waals surface area contributed by atoms with Gasteiger partial charge in [0.2, 0.25) is 5.91 Å². The number of allylic oxidation sites excluding steroid dienone is 1. The van der Waals surface area contributed by atoms with Crippen LogP contribution in [-0.2, 0) is 19.1 Å². The van der Waals surface area contributed by atoms with Crippen LogP contribution in [0.4, 0.5) is 11.4 Å². The fourth-order valence-electron chi connectivity index (χ4n) is 4.79. The fourth-order valence-corrected chi connectivity index (χ4v) is 4.79. The molecule has 2 heterocycles. The second-order valence-corrected chi connectivity index (χ2v) is 9.66. The Balaban J connectivity index is 1.79. The van der Waals surface area contributed by atoms with Crippen molar-refractivity contribution in [3.05, 3.63) is 59.2 Å². The van der Waals surface area contributed by atoms with Crippen molar-refractivity contribution >= 4 is 23.1 Å². The maximum absolute atomic E-state index is 13.6. The number of Topliss-reactive ketones (excluding diaryl/α,β-unsaturated/α-hetero) is 1. The first kappa shape index (κ1) is 24.0. The van der Waals surface area contributed by atoms with Gasteiger partial charge < -0.3 is 29.4 Å². The van der Waals surface area contributed by atoms with Crippen LogP contribution in [0.15, 0.2) is 52.1 Å². The summed E-state index contributed by atoms with van der Waals surface area (Å²) in [6.07, 6.45) is 0.618. The highest BCUT2D eigenvalue weighted by Gasteiger charge is 2.43. The van der Waals surface area contributed by atoms with E-state index >= 15 is 0 Å². The molecule has 2 aliphatic rings. The van der Waals surface area contributed by atoms with Gasteiger partial charge in [-0.05, 0) is 43.0 Å². The number of nitrogens with one attached hydrogen (secondary N) is 2. The minimum atomic E-state index is -0.540. The molecule has 0 saturated carbocycles. The summed E-state index contributed by atoms with van der Waals surface area (Å²) in [5.41, 5.74) is 3.06. The lowest BCUT2D eigenvalue weighted by atomic mass is 9.74. The molecule has 0 radical (unpaired) electrons. The van der Waals surface area contributed by atoms with E-state index in [0.717, 1.165) is 29.3 Å². The van der Waals surface area contributed by atoms with Gasteiger partial charge in [0, 0.05) is 31.9 Å². The van der Waals surface area contributed by atoms with Crippen molar-refractivity contribution in [1.82, 2.24) is 5.32 Å². The molecule has 1 aliphatic carbocycles. The molecule has 1 unspecified atom stereocenters. The second-order valence-electron chi connectivity index (χ2n) is 9.66. The second kappa shape index (κ2) is 9.64. The molecular formula is C26H33N3O5. The van der Waals surface area contributed by atoms with Crippen LogP contribution in [0.3, 0.4) is 0 Å². The number of ether oxygens (including phenoxy) is 2. The molecule has 182 valence electrons. The highest BCUT2D eigenvalue weighted by molar-refractivity contribution is 6.01. The monoisotopic (exact) mass is 467 g/mol. The lowest BCUT2D eigenvalue weighted by Gasteiger charge is -2.36. The SMILES string of the molecule is COC(CNC(=O)CN1c2ccccc2NC2=C(C(=O)CC(C)(C)C2)C1c1ccc(C)o1)OC. The highest BCUT2D eigenvalue weighted by atomic mass is 16.7. The van der Waals surface area contributed by atoms with E-state index in [2.05, 4.69) is 24.5 Å². The topological polar surface area (TPSA) is 93.0 Å². The number of amides is 1. The summed E-state index contributed by atoms with van der Waals surface area (Å²) in [6, 6.07) is 11.0. The van der Waals surface area contributed by atoms with E-state index in [1.807, 2.05) is 48.2 Å². The van der Waals surface area contributed by atoms with E-state index in [1.165, 1.54) is 14.2 Å². The summed E-state index contributed by atoms with van der Waals surface area (Å²) in [7, 11) is 3.05. The molecule has 1 aromatic heterocycles. The molecular weight excluding hydrogens is 434 g/mol. The molecule has 0 bridgehead atoms. The van der Waals surface area contributed by atoms with Crippen molar-refractivity contribution in [3.63, 3.8) is 0 Å².